The highest BCUT2D eigenvalue weighted by atomic mass is 19.1. The number of halogens is 2. The Morgan fingerprint density at radius 3 is 2.89 bits per heavy atom. The normalized spacial score (nSPS) is 27.5. The molecular formula is C15H21F2NO. The molecule has 1 aliphatic rings. The predicted molar refractivity (Wildman–Crippen MR) is 70.9 cm³/mol. The number of hydrogen-bond donors (Lipinski definition) is 1. The molecule has 1 fully saturated rings. The topological polar surface area (TPSA) is 21.3 Å². The maximum absolute atomic E-state index is 13.5. The smallest absolute Gasteiger partial charge is 0.130 e. The molecule has 2 nitrogen and oxygen atoms in total. The van der Waals surface area contributed by atoms with Crippen LogP contribution in [0.15, 0.2) is 18.2 Å². The third-order valence-electron chi connectivity index (χ3n) is 3.94. The second-order valence-corrected chi connectivity index (χ2v) is 5.46. The summed E-state index contributed by atoms with van der Waals surface area (Å²) in [7, 11) is 0. The first-order valence-electron chi connectivity index (χ1n) is 6.84. The fourth-order valence-electron chi connectivity index (χ4n) is 2.47. The van der Waals surface area contributed by atoms with Crippen molar-refractivity contribution in [3.63, 3.8) is 0 Å². The Bertz CT molecular complexity index is 438. The van der Waals surface area contributed by atoms with Gasteiger partial charge in [0.1, 0.15) is 11.6 Å². The van der Waals surface area contributed by atoms with Crippen molar-refractivity contribution in [2.75, 3.05) is 6.61 Å². The molecule has 0 amide bonds. The average Bonchev–Trinajstić information content (AvgIpc) is 2.38. The van der Waals surface area contributed by atoms with E-state index in [1.165, 1.54) is 12.1 Å². The molecule has 4 heteroatoms. The van der Waals surface area contributed by atoms with Crippen LogP contribution in [0.5, 0.6) is 0 Å². The molecule has 0 bridgehead atoms. The van der Waals surface area contributed by atoms with E-state index >= 15 is 0 Å². The van der Waals surface area contributed by atoms with E-state index < -0.39 is 11.6 Å². The molecule has 2 rings (SSSR count). The molecule has 0 aliphatic carbocycles. The minimum absolute atomic E-state index is 0.0861. The summed E-state index contributed by atoms with van der Waals surface area (Å²) in [5.74, 6) is -1.02. The van der Waals surface area contributed by atoms with Gasteiger partial charge in [-0.3, -0.25) is 0 Å². The van der Waals surface area contributed by atoms with Crippen LogP contribution in [0.1, 0.15) is 38.7 Å². The van der Waals surface area contributed by atoms with Crippen LogP contribution in [0.25, 0.3) is 0 Å². The van der Waals surface area contributed by atoms with E-state index in [0.29, 0.717) is 18.2 Å². The number of hydrogen-bond acceptors (Lipinski definition) is 2. The SMILES string of the molecule is CCC1(C)CC(NCc2ccc(F)cc2F)CCO1. The average molecular weight is 269 g/mol. The van der Waals surface area contributed by atoms with Gasteiger partial charge >= 0.3 is 0 Å². The van der Waals surface area contributed by atoms with Crippen LogP contribution in [-0.2, 0) is 11.3 Å². The number of ether oxygens (including phenoxy) is 1. The van der Waals surface area contributed by atoms with Gasteiger partial charge in [-0.1, -0.05) is 13.0 Å². The monoisotopic (exact) mass is 269 g/mol. The van der Waals surface area contributed by atoms with E-state index in [1.54, 1.807) is 0 Å². The lowest BCUT2D eigenvalue weighted by Gasteiger charge is -2.38. The van der Waals surface area contributed by atoms with Crippen LogP contribution in [0.4, 0.5) is 8.78 Å². The highest BCUT2D eigenvalue weighted by Gasteiger charge is 2.31. The summed E-state index contributed by atoms with van der Waals surface area (Å²) < 4.78 is 32.1. The predicted octanol–water partition coefficient (Wildman–Crippen LogP) is 3.40. The molecule has 1 aliphatic heterocycles. The van der Waals surface area contributed by atoms with Gasteiger partial charge in [-0.25, -0.2) is 8.78 Å². The zero-order valence-electron chi connectivity index (χ0n) is 11.5. The molecule has 1 heterocycles. The molecule has 19 heavy (non-hydrogen) atoms. The van der Waals surface area contributed by atoms with Crippen LogP contribution in [0.2, 0.25) is 0 Å². The quantitative estimate of drug-likeness (QED) is 0.904. The summed E-state index contributed by atoms with van der Waals surface area (Å²) in [6.45, 7) is 5.38. The summed E-state index contributed by atoms with van der Waals surface area (Å²) in [5, 5.41) is 3.35. The Labute approximate surface area is 113 Å². The molecule has 106 valence electrons. The Morgan fingerprint density at radius 1 is 1.42 bits per heavy atom. The van der Waals surface area contributed by atoms with Crippen LogP contribution in [-0.4, -0.2) is 18.2 Å². The molecule has 1 N–H and O–H groups in total. The van der Waals surface area contributed by atoms with Crippen molar-refractivity contribution in [3.05, 3.63) is 35.4 Å². The third-order valence-corrected chi connectivity index (χ3v) is 3.94. The van der Waals surface area contributed by atoms with Gasteiger partial charge in [-0.2, -0.15) is 0 Å². The Morgan fingerprint density at radius 2 is 2.21 bits per heavy atom. The van der Waals surface area contributed by atoms with E-state index in [4.69, 9.17) is 4.74 Å². The molecule has 0 saturated carbocycles. The summed E-state index contributed by atoms with van der Waals surface area (Å²) in [6.07, 6.45) is 2.82. The van der Waals surface area contributed by atoms with Gasteiger partial charge in [0.25, 0.3) is 0 Å². The van der Waals surface area contributed by atoms with Gasteiger partial charge in [0.05, 0.1) is 5.60 Å². The molecular weight excluding hydrogens is 248 g/mol. The second kappa shape index (κ2) is 5.97. The Balaban J connectivity index is 1.91. The Kier molecular flexibility index (Phi) is 4.53. The number of rotatable bonds is 4. The Hall–Kier alpha value is -1.00. The lowest BCUT2D eigenvalue weighted by atomic mass is 9.90. The molecule has 0 aromatic heterocycles. The lowest BCUT2D eigenvalue weighted by molar-refractivity contribution is -0.0781. The summed E-state index contributed by atoms with van der Waals surface area (Å²) in [6, 6.07) is 4.04. The zero-order chi connectivity index (χ0) is 13.9. The van der Waals surface area contributed by atoms with Crippen molar-refractivity contribution in [1.82, 2.24) is 5.32 Å². The van der Waals surface area contributed by atoms with Crippen molar-refractivity contribution in [2.24, 2.45) is 0 Å². The van der Waals surface area contributed by atoms with Crippen LogP contribution in [0, 0.1) is 11.6 Å². The third kappa shape index (κ3) is 3.74. The first-order chi connectivity index (χ1) is 9.02. The zero-order valence-corrected chi connectivity index (χ0v) is 11.5. The van der Waals surface area contributed by atoms with Crippen LogP contribution >= 0.6 is 0 Å². The van der Waals surface area contributed by atoms with E-state index in [2.05, 4.69) is 19.2 Å². The van der Waals surface area contributed by atoms with E-state index in [9.17, 15) is 8.78 Å². The molecule has 1 aromatic rings. The maximum Gasteiger partial charge on any atom is 0.130 e. The largest absolute Gasteiger partial charge is 0.375 e. The van der Waals surface area contributed by atoms with Gasteiger partial charge < -0.3 is 10.1 Å². The minimum atomic E-state index is -0.536. The van der Waals surface area contributed by atoms with Gasteiger partial charge in [0, 0.05) is 30.8 Å². The fraction of sp³-hybridized carbons (Fsp3) is 0.600. The van der Waals surface area contributed by atoms with Crippen molar-refractivity contribution in [2.45, 2.75) is 51.3 Å². The summed E-state index contributed by atoms with van der Waals surface area (Å²) >= 11 is 0. The standard InChI is InChI=1S/C15H21F2NO/c1-3-15(2)9-13(6-7-19-15)18-10-11-4-5-12(16)8-14(11)17/h4-5,8,13,18H,3,6-7,9-10H2,1-2H3. The minimum Gasteiger partial charge on any atom is -0.375 e. The molecule has 0 spiro atoms. The van der Waals surface area contributed by atoms with Crippen molar-refractivity contribution in [1.29, 1.82) is 0 Å². The molecule has 0 radical (unpaired) electrons. The highest BCUT2D eigenvalue weighted by molar-refractivity contribution is 5.18. The molecule has 2 atom stereocenters. The van der Waals surface area contributed by atoms with Gasteiger partial charge in [0.2, 0.25) is 0 Å². The summed E-state index contributed by atoms with van der Waals surface area (Å²) in [4.78, 5) is 0. The van der Waals surface area contributed by atoms with E-state index in [-0.39, 0.29) is 5.60 Å². The van der Waals surface area contributed by atoms with Crippen molar-refractivity contribution >= 4 is 0 Å². The van der Waals surface area contributed by atoms with Crippen molar-refractivity contribution in [3.8, 4) is 0 Å². The van der Waals surface area contributed by atoms with Crippen LogP contribution < -0.4 is 5.32 Å². The van der Waals surface area contributed by atoms with E-state index in [1.807, 2.05) is 0 Å². The van der Waals surface area contributed by atoms with Crippen molar-refractivity contribution < 1.29 is 13.5 Å². The first-order valence-corrected chi connectivity index (χ1v) is 6.84. The molecule has 1 aromatic carbocycles. The number of benzene rings is 1. The number of nitrogens with one attached hydrogen (secondary N) is 1. The molecule has 2 unspecified atom stereocenters. The molecule has 1 saturated heterocycles. The van der Waals surface area contributed by atoms with Gasteiger partial charge in [0.15, 0.2) is 0 Å². The van der Waals surface area contributed by atoms with E-state index in [0.717, 1.165) is 31.9 Å². The highest BCUT2D eigenvalue weighted by Crippen LogP contribution is 2.27. The van der Waals surface area contributed by atoms with Gasteiger partial charge in [-0.05, 0) is 32.3 Å². The first kappa shape index (κ1) is 14.4. The maximum atomic E-state index is 13.5. The van der Waals surface area contributed by atoms with Gasteiger partial charge in [-0.15, -0.1) is 0 Å². The van der Waals surface area contributed by atoms with Crippen LogP contribution in [0.3, 0.4) is 0 Å². The lowest BCUT2D eigenvalue weighted by Crippen LogP contribution is -2.44. The fourth-order valence-corrected chi connectivity index (χ4v) is 2.47. The summed E-state index contributed by atoms with van der Waals surface area (Å²) in [5.41, 5.74) is 0.420. The second-order valence-electron chi connectivity index (χ2n) is 5.46.